The number of nitrogens with zero attached hydrogens (tertiary/aromatic N) is 2. The third kappa shape index (κ3) is 3.91. The minimum atomic E-state index is 0.273. The minimum absolute atomic E-state index is 0.273. The van der Waals surface area contributed by atoms with Crippen molar-refractivity contribution in [3.05, 3.63) is 53.3 Å². The summed E-state index contributed by atoms with van der Waals surface area (Å²) in [7, 11) is 4.19. The predicted molar refractivity (Wildman–Crippen MR) is 77.7 cm³/mol. The van der Waals surface area contributed by atoms with E-state index in [1.54, 1.807) is 6.20 Å². The summed E-state index contributed by atoms with van der Waals surface area (Å²) in [6.45, 7) is 3.97. The molecule has 1 aromatic carbocycles. The Kier molecular flexibility index (Phi) is 4.71. The van der Waals surface area contributed by atoms with Gasteiger partial charge in [-0.2, -0.15) is 5.10 Å². The van der Waals surface area contributed by atoms with E-state index < -0.39 is 0 Å². The minimum Gasteiger partial charge on any atom is -0.305 e. The van der Waals surface area contributed by atoms with Crippen molar-refractivity contribution >= 4 is 0 Å². The van der Waals surface area contributed by atoms with E-state index in [1.165, 1.54) is 11.1 Å². The van der Waals surface area contributed by atoms with Crippen LogP contribution in [-0.4, -0.2) is 29.2 Å². The van der Waals surface area contributed by atoms with Crippen LogP contribution >= 0.6 is 0 Å². The van der Waals surface area contributed by atoms with Crippen LogP contribution in [0.4, 0.5) is 0 Å². The fraction of sp³-hybridized carbons (Fsp3) is 0.400. The Morgan fingerprint density at radius 2 is 1.95 bits per heavy atom. The molecule has 2 aromatic rings. The molecule has 1 heterocycles. The number of H-pyrrole nitrogens is 1. The molecule has 0 fully saturated rings. The van der Waals surface area contributed by atoms with Crippen LogP contribution in [0.3, 0.4) is 0 Å². The Morgan fingerprint density at radius 1 is 1.21 bits per heavy atom. The molecule has 1 unspecified atom stereocenters. The third-order valence-corrected chi connectivity index (χ3v) is 3.19. The van der Waals surface area contributed by atoms with Crippen molar-refractivity contribution in [2.45, 2.75) is 26.1 Å². The van der Waals surface area contributed by atoms with Crippen molar-refractivity contribution in [1.82, 2.24) is 20.4 Å². The van der Waals surface area contributed by atoms with Crippen molar-refractivity contribution in [1.29, 1.82) is 0 Å². The van der Waals surface area contributed by atoms with Gasteiger partial charge in [0.2, 0.25) is 0 Å². The zero-order valence-corrected chi connectivity index (χ0v) is 11.9. The fourth-order valence-electron chi connectivity index (χ4n) is 2.11. The van der Waals surface area contributed by atoms with Gasteiger partial charge in [0.05, 0.1) is 5.69 Å². The Labute approximate surface area is 114 Å². The molecule has 1 aromatic heterocycles. The number of hydrogen-bond acceptors (Lipinski definition) is 3. The highest BCUT2D eigenvalue weighted by Crippen LogP contribution is 2.13. The quantitative estimate of drug-likeness (QED) is 0.835. The number of hydrogen-bond donors (Lipinski definition) is 2. The fourth-order valence-corrected chi connectivity index (χ4v) is 2.11. The summed E-state index contributed by atoms with van der Waals surface area (Å²) in [5.41, 5.74) is 3.84. The van der Waals surface area contributed by atoms with Crippen LogP contribution in [0.25, 0.3) is 0 Å². The SMILES string of the molecule is CC(NCc1ccccc1CN(C)C)c1ccn[nH]1. The van der Waals surface area contributed by atoms with Gasteiger partial charge in [-0.1, -0.05) is 24.3 Å². The van der Waals surface area contributed by atoms with Crippen LogP contribution in [0.15, 0.2) is 36.5 Å². The molecule has 0 saturated heterocycles. The Bertz CT molecular complexity index is 491. The molecule has 4 heteroatoms. The standard InChI is InChI=1S/C15H22N4/c1-12(15-8-9-17-18-15)16-10-13-6-4-5-7-14(13)11-19(2)3/h4-9,12,16H,10-11H2,1-3H3,(H,17,18). The van der Waals surface area contributed by atoms with E-state index in [4.69, 9.17) is 0 Å². The van der Waals surface area contributed by atoms with Gasteiger partial charge >= 0.3 is 0 Å². The molecule has 19 heavy (non-hydrogen) atoms. The van der Waals surface area contributed by atoms with Gasteiger partial charge in [0.1, 0.15) is 0 Å². The van der Waals surface area contributed by atoms with Gasteiger partial charge in [-0.15, -0.1) is 0 Å². The molecule has 0 saturated carbocycles. The second-order valence-electron chi connectivity index (χ2n) is 5.12. The summed E-state index contributed by atoms with van der Waals surface area (Å²) in [5, 5.41) is 10.5. The smallest absolute Gasteiger partial charge is 0.0518 e. The molecule has 0 bridgehead atoms. The van der Waals surface area contributed by atoms with E-state index >= 15 is 0 Å². The first-order valence-corrected chi connectivity index (χ1v) is 6.61. The van der Waals surface area contributed by atoms with E-state index in [0.717, 1.165) is 18.8 Å². The molecule has 4 nitrogen and oxygen atoms in total. The number of aromatic amines is 1. The van der Waals surface area contributed by atoms with Crippen LogP contribution in [0, 0.1) is 0 Å². The molecule has 0 spiro atoms. The van der Waals surface area contributed by atoms with Crippen molar-refractivity contribution in [3.8, 4) is 0 Å². The van der Waals surface area contributed by atoms with Gasteiger partial charge in [-0.25, -0.2) is 0 Å². The van der Waals surface area contributed by atoms with E-state index in [9.17, 15) is 0 Å². The molecule has 2 N–H and O–H groups in total. The summed E-state index contributed by atoms with van der Waals surface area (Å²) in [4.78, 5) is 2.19. The maximum Gasteiger partial charge on any atom is 0.0518 e. The first-order chi connectivity index (χ1) is 9.16. The second kappa shape index (κ2) is 6.50. The lowest BCUT2D eigenvalue weighted by molar-refractivity contribution is 0.399. The van der Waals surface area contributed by atoms with Crippen LogP contribution in [0.5, 0.6) is 0 Å². The Morgan fingerprint density at radius 3 is 2.58 bits per heavy atom. The summed E-state index contributed by atoms with van der Waals surface area (Å²) < 4.78 is 0. The van der Waals surface area contributed by atoms with Crippen molar-refractivity contribution in [2.75, 3.05) is 14.1 Å². The number of benzene rings is 1. The molecule has 102 valence electrons. The first kappa shape index (κ1) is 13.8. The number of rotatable bonds is 6. The molecule has 0 aliphatic carbocycles. The zero-order chi connectivity index (χ0) is 13.7. The van der Waals surface area contributed by atoms with E-state index in [1.807, 2.05) is 6.07 Å². The van der Waals surface area contributed by atoms with Gasteiger partial charge in [-0.3, -0.25) is 5.10 Å². The topological polar surface area (TPSA) is 44.0 Å². The molecular weight excluding hydrogens is 236 g/mol. The summed E-state index contributed by atoms with van der Waals surface area (Å²) in [5.74, 6) is 0. The van der Waals surface area contributed by atoms with Crippen LogP contribution in [0.1, 0.15) is 29.8 Å². The van der Waals surface area contributed by atoms with Crippen LogP contribution in [0.2, 0.25) is 0 Å². The molecule has 2 rings (SSSR count). The van der Waals surface area contributed by atoms with Gasteiger partial charge in [0.25, 0.3) is 0 Å². The molecular formula is C15H22N4. The molecule has 0 radical (unpaired) electrons. The predicted octanol–water partition coefficient (Wildman–Crippen LogP) is 2.32. The molecule has 1 atom stereocenters. The summed E-state index contributed by atoms with van der Waals surface area (Å²) in [6, 6.07) is 10.8. The maximum absolute atomic E-state index is 3.98. The van der Waals surface area contributed by atoms with Crippen molar-refractivity contribution in [2.24, 2.45) is 0 Å². The second-order valence-corrected chi connectivity index (χ2v) is 5.12. The molecule has 0 aliphatic heterocycles. The number of nitrogens with one attached hydrogen (secondary N) is 2. The van der Waals surface area contributed by atoms with Gasteiger partial charge in [0, 0.05) is 25.3 Å². The summed E-state index contributed by atoms with van der Waals surface area (Å²) in [6.07, 6.45) is 1.79. The number of aromatic nitrogens is 2. The van der Waals surface area contributed by atoms with E-state index in [0.29, 0.717) is 0 Å². The highest BCUT2D eigenvalue weighted by Gasteiger charge is 2.08. The Balaban J connectivity index is 1.99. The monoisotopic (exact) mass is 258 g/mol. The van der Waals surface area contributed by atoms with E-state index in [2.05, 4.69) is 65.7 Å². The maximum atomic E-state index is 3.98. The average molecular weight is 258 g/mol. The lowest BCUT2D eigenvalue weighted by Crippen LogP contribution is -2.20. The highest BCUT2D eigenvalue weighted by molar-refractivity contribution is 5.27. The van der Waals surface area contributed by atoms with Crippen molar-refractivity contribution in [3.63, 3.8) is 0 Å². The highest BCUT2D eigenvalue weighted by atomic mass is 15.1. The van der Waals surface area contributed by atoms with E-state index in [-0.39, 0.29) is 6.04 Å². The van der Waals surface area contributed by atoms with Crippen LogP contribution in [-0.2, 0) is 13.1 Å². The van der Waals surface area contributed by atoms with Crippen LogP contribution < -0.4 is 5.32 Å². The first-order valence-electron chi connectivity index (χ1n) is 6.61. The van der Waals surface area contributed by atoms with Gasteiger partial charge < -0.3 is 10.2 Å². The third-order valence-electron chi connectivity index (χ3n) is 3.19. The zero-order valence-electron chi connectivity index (χ0n) is 11.9. The Hall–Kier alpha value is -1.65. The lowest BCUT2D eigenvalue weighted by Gasteiger charge is -2.17. The largest absolute Gasteiger partial charge is 0.305 e. The van der Waals surface area contributed by atoms with Gasteiger partial charge in [-0.05, 0) is 38.2 Å². The normalized spacial score (nSPS) is 12.8. The van der Waals surface area contributed by atoms with Gasteiger partial charge in [0.15, 0.2) is 0 Å². The molecule has 0 aliphatic rings. The van der Waals surface area contributed by atoms with Crippen molar-refractivity contribution < 1.29 is 0 Å². The molecule has 0 amide bonds. The average Bonchev–Trinajstić information content (AvgIpc) is 2.90. The lowest BCUT2D eigenvalue weighted by atomic mass is 10.1. The summed E-state index contributed by atoms with van der Waals surface area (Å²) >= 11 is 0.